The molecule has 1 fully saturated rings. The summed E-state index contributed by atoms with van der Waals surface area (Å²) in [6, 6.07) is -0.323. The number of rotatable bonds is 20. The summed E-state index contributed by atoms with van der Waals surface area (Å²) in [6.45, 7) is 8.54. The summed E-state index contributed by atoms with van der Waals surface area (Å²) in [7, 11) is 1.81. The highest BCUT2D eigenvalue weighted by atomic mass is 16.6. The molecular formula is C29H51NO4. The lowest BCUT2D eigenvalue weighted by Crippen LogP contribution is -2.48. The normalized spacial score (nSPS) is 20.8. The van der Waals surface area contributed by atoms with E-state index in [9.17, 15) is 9.59 Å². The minimum absolute atomic E-state index is 0.0530. The Morgan fingerprint density at radius 1 is 1.03 bits per heavy atom. The molecule has 0 saturated carbocycles. The van der Waals surface area contributed by atoms with E-state index in [1.807, 2.05) is 0 Å². The van der Waals surface area contributed by atoms with Gasteiger partial charge in [-0.1, -0.05) is 96.9 Å². The van der Waals surface area contributed by atoms with E-state index in [4.69, 9.17) is 9.47 Å². The number of hydrogen-bond acceptors (Lipinski definition) is 5. The summed E-state index contributed by atoms with van der Waals surface area (Å²) < 4.78 is 11.5. The van der Waals surface area contributed by atoms with E-state index < -0.39 is 0 Å². The Hall–Kier alpha value is -1.62. The standard InChI is InChI=1S/C29H51NO4/c1-6-9-11-13-14-15-16-17-18-20-24(33-29(32)27(30-5)23(4)8-3)22-26-25(28(31)34-26)21-19-12-10-7-2/h14-15,17-18,23-27,30H,6-13,16,19-22H2,1-5H3/b15-14+,18-17+/t23-,24+,25+,26-,27+/m0/s1. The van der Waals surface area contributed by atoms with Crippen molar-refractivity contribution >= 4 is 11.9 Å². The van der Waals surface area contributed by atoms with Crippen LogP contribution in [-0.2, 0) is 19.1 Å². The highest BCUT2D eigenvalue weighted by Gasteiger charge is 2.43. The minimum Gasteiger partial charge on any atom is -0.461 e. The van der Waals surface area contributed by atoms with Crippen LogP contribution in [0.4, 0.5) is 0 Å². The van der Waals surface area contributed by atoms with Crippen LogP contribution in [0.2, 0.25) is 0 Å². The van der Waals surface area contributed by atoms with Gasteiger partial charge in [-0.15, -0.1) is 0 Å². The molecule has 0 aromatic heterocycles. The van der Waals surface area contributed by atoms with Crippen LogP contribution in [0.15, 0.2) is 24.3 Å². The van der Waals surface area contributed by atoms with Crippen LogP contribution in [-0.4, -0.2) is 37.2 Å². The second-order valence-electron chi connectivity index (χ2n) is 9.79. The van der Waals surface area contributed by atoms with Crippen molar-refractivity contribution in [2.45, 2.75) is 129 Å². The first kappa shape index (κ1) is 30.4. The summed E-state index contributed by atoms with van der Waals surface area (Å²) >= 11 is 0. The summed E-state index contributed by atoms with van der Waals surface area (Å²) in [6.07, 6.45) is 21.6. The van der Waals surface area contributed by atoms with Gasteiger partial charge in [-0.2, -0.15) is 0 Å². The van der Waals surface area contributed by atoms with Gasteiger partial charge in [-0.25, -0.2) is 0 Å². The maximum atomic E-state index is 12.9. The van der Waals surface area contributed by atoms with E-state index in [1.165, 1.54) is 32.1 Å². The summed E-state index contributed by atoms with van der Waals surface area (Å²) in [4.78, 5) is 25.0. The van der Waals surface area contributed by atoms with Crippen LogP contribution in [0, 0.1) is 11.8 Å². The number of carbonyl (C=O) groups excluding carboxylic acids is 2. The van der Waals surface area contributed by atoms with Crippen molar-refractivity contribution in [3.05, 3.63) is 24.3 Å². The number of allylic oxidation sites excluding steroid dienone is 3. The van der Waals surface area contributed by atoms with E-state index in [2.05, 4.69) is 57.3 Å². The Balaban J connectivity index is 2.67. The molecule has 1 rings (SSSR count). The lowest BCUT2D eigenvalue weighted by Gasteiger charge is -2.37. The van der Waals surface area contributed by atoms with E-state index in [0.29, 0.717) is 12.8 Å². The van der Waals surface area contributed by atoms with Gasteiger partial charge in [0.2, 0.25) is 0 Å². The van der Waals surface area contributed by atoms with Crippen molar-refractivity contribution in [2.75, 3.05) is 7.05 Å². The molecule has 1 saturated heterocycles. The van der Waals surface area contributed by atoms with Gasteiger partial charge in [0.05, 0.1) is 5.92 Å². The van der Waals surface area contributed by atoms with Crippen LogP contribution in [0.3, 0.4) is 0 Å². The van der Waals surface area contributed by atoms with Gasteiger partial charge < -0.3 is 14.8 Å². The molecule has 0 unspecified atom stereocenters. The third-order valence-corrected chi connectivity index (χ3v) is 6.92. The van der Waals surface area contributed by atoms with Crippen molar-refractivity contribution in [1.82, 2.24) is 5.32 Å². The number of carbonyl (C=O) groups is 2. The van der Waals surface area contributed by atoms with Crippen LogP contribution in [0.25, 0.3) is 0 Å². The Morgan fingerprint density at radius 3 is 2.38 bits per heavy atom. The van der Waals surface area contributed by atoms with Crippen molar-refractivity contribution in [1.29, 1.82) is 0 Å². The van der Waals surface area contributed by atoms with Crippen LogP contribution >= 0.6 is 0 Å². The number of cyclic esters (lactones) is 1. The first-order valence-electron chi connectivity index (χ1n) is 13.9. The molecule has 5 nitrogen and oxygen atoms in total. The summed E-state index contributed by atoms with van der Waals surface area (Å²) in [5, 5.41) is 3.11. The number of esters is 2. The van der Waals surface area contributed by atoms with Gasteiger partial charge in [0.1, 0.15) is 18.2 Å². The molecule has 0 bridgehead atoms. The van der Waals surface area contributed by atoms with E-state index >= 15 is 0 Å². The second-order valence-corrected chi connectivity index (χ2v) is 9.79. The molecule has 0 aromatic carbocycles. The zero-order valence-electron chi connectivity index (χ0n) is 22.5. The fourth-order valence-electron chi connectivity index (χ4n) is 4.41. The summed E-state index contributed by atoms with van der Waals surface area (Å²) in [5.41, 5.74) is 0. The summed E-state index contributed by atoms with van der Waals surface area (Å²) in [5.74, 6) is -0.165. The monoisotopic (exact) mass is 477 g/mol. The van der Waals surface area contributed by atoms with E-state index in [1.54, 1.807) is 7.05 Å². The molecule has 1 aliphatic heterocycles. The Labute approximate surface area is 209 Å². The third kappa shape index (κ3) is 11.7. The number of likely N-dealkylation sites (N-methyl/N-ethyl adjacent to an activating group) is 1. The van der Waals surface area contributed by atoms with Gasteiger partial charge >= 0.3 is 11.9 Å². The fourth-order valence-corrected chi connectivity index (χ4v) is 4.41. The zero-order chi connectivity index (χ0) is 25.2. The molecule has 196 valence electrons. The van der Waals surface area contributed by atoms with Gasteiger partial charge in [0.25, 0.3) is 0 Å². The molecule has 34 heavy (non-hydrogen) atoms. The average Bonchev–Trinajstić information content (AvgIpc) is 2.82. The quantitative estimate of drug-likeness (QED) is 0.117. The maximum Gasteiger partial charge on any atom is 0.323 e. The first-order valence-corrected chi connectivity index (χ1v) is 13.9. The molecule has 0 aromatic rings. The Kier molecular flexibility index (Phi) is 16.7. The molecule has 0 aliphatic carbocycles. The molecular weight excluding hydrogens is 426 g/mol. The van der Waals surface area contributed by atoms with Gasteiger partial charge in [-0.3, -0.25) is 9.59 Å². The fraction of sp³-hybridized carbons (Fsp3) is 0.793. The molecule has 0 spiro atoms. The lowest BCUT2D eigenvalue weighted by atomic mass is 9.87. The number of hydrogen-bond donors (Lipinski definition) is 1. The number of unbranched alkanes of at least 4 members (excludes halogenated alkanes) is 6. The highest BCUT2D eigenvalue weighted by Crippen LogP contribution is 2.32. The first-order chi connectivity index (χ1) is 16.5. The van der Waals surface area contributed by atoms with Crippen LogP contribution in [0.5, 0.6) is 0 Å². The molecule has 1 aliphatic rings. The molecule has 0 radical (unpaired) electrons. The lowest BCUT2D eigenvalue weighted by molar-refractivity contribution is -0.190. The minimum atomic E-state index is -0.323. The zero-order valence-corrected chi connectivity index (χ0v) is 22.5. The number of ether oxygens (including phenoxy) is 2. The molecule has 1 heterocycles. The largest absolute Gasteiger partial charge is 0.461 e. The maximum absolute atomic E-state index is 12.9. The molecule has 5 heteroatoms. The smallest absolute Gasteiger partial charge is 0.323 e. The Bertz CT molecular complexity index is 615. The van der Waals surface area contributed by atoms with Gasteiger partial charge in [0, 0.05) is 12.8 Å². The number of nitrogens with one attached hydrogen (secondary N) is 1. The Morgan fingerprint density at radius 2 is 1.74 bits per heavy atom. The highest BCUT2D eigenvalue weighted by molar-refractivity contribution is 5.78. The van der Waals surface area contributed by atoms with Crippen molar-refractivity contribution in [2.24, 2.45) is 11.8 Å². The van der Waals surface area contributed by atoms with Gasteiger partial charge in [-0.05, 0) is 38.6 Å². The van der Waals surface area contributed by atoms with Crippen molar-refractivity contribution < 1.29 is 19.1 Å². The predicted octanol–water partition coefficient (Wildman–Crippen LogP) is 6.91. The van der Waals surface area contributed by atoms with Crippen LogP contribution < -0.4 is 5.32 Å². The average molecular weight is 478 g/mol. The predicted molar refractivity (Wildman–Crippen MR) is 141 cm³/mol. The second kappa shape index (κ2) is 18.7. The van der Waals surface area contributed by atoms with E-state index in [0.717, 1.165) is 38.5 Å². The third-order valence-electron chi connectivity index (χ3n) is 6.92. The van der Waals surface area contributed by atoms with Crippen molar-refractivity contribution in [3.63, 3.8) is 0 Å². The molecule has 5 atom stereocenters. The van der Waals surface area contributed by atoms with E-state index in [-0.39, 0.29) is 42.0 Å². The topological polar surface area (TPSA) is 64.6 Å². The molecule has 0 amide bonds. The SMILES string of the molecule is CCCCC/C=C/C/C=C/C[C@H](C[C@@H]1OC(=O)[C@@H]1CCCCCC)OC(=O)[C@H](NC)[C@@H](C)CC. The van der Waals surface area contributed by atoms with Crippen LogP contribution in [0.1, 0.15) is 111 Å². The van der Waals surface area contributed by atoms with Gasteiger partial charge in [0.15, 0.2) is 0 Å². The molecule has 1 N–H and O–H groups in total. The van der Waals surface area contributed by atoms with Crippen molar-refractivity contribution in [3.8, 4) is 0 Å².